The maximum absolute atomic E-state index is 12.2. The standard InChI is InChI=1S/C14H20N2O3S/c1-3-9-7-15-13(20-9)8(2)16-12(17)10-5-4-6-11(10)14(18)19/h7-8,10-11H,3-6H2,1-2H3,(H,16,17)(H,18,19)/t8?,10-,11+/m1/s1. The Labute approximate surface area is 122 Å². The molecule has 2 N–H and O–H groups in total. The Bertz CT molecular complexity index is 500. The lowest BCUT2D eigenvalue weighted by atomic mass is 9.95. The van der Waals surface area contributed by atoms with Crippen molar-refractivity contribution in [1.82, 2.24) is 10.3 Å². The first-order chi connectivity index (χ1) is 9.52. The Morgan fingerprint density at radius 2 is 2.20 bits per heavy atom. The van der Waals surface area contributed by atoms with Crippen LogP contribution in [0.25, 0.3) is 0 Å². The molecular weight excluding hydrogens is 276 g/mol. The zero-order valence-corrected chi connectivity index (χ0v) is 12.6. The number of carbonyl (C=O) groups is 2. The Morgan fingerprint density at radius 1 is 1.50 bits per heavy atom. The van der Waals surface area contributed by atoms with Gasteiger partial charge in [0.25, 0.3) is 0 Å². The molecule has 0 bridgehead atoms. The third kappa shape index (κ3) is 3.17. The van der Waals surface area contributed by atoms with Crippen LogP contribution >= 0.6 is 11.3 Å². The third-order valence-corrected chi connectivity index (χ3v) is 5.14. The molecule has 1 aromatic heterocycles. The molecule has 0 aliphatic heterocycles. The fourth-order valence-electron chi connectivity index (χ4n) is 2.64. The lowest BCUT2D eigenvalue weighted by Crippen LogP contribution is -2.36. The van der Waals surface area contributed by atoms with Crippen LogP contribution in [0.4, 0.5) is 0 Å². The predicted octanol–water partition coefficient (Wildman–Crippen LogP) is 2.38. The molecule has 6 heteroatoms. The van der Waals surface area contributed by atoms with Gasteiger partial charge in [-0.1, -0.05) is 13.3 Å². The number of aromatic nitrogens is 1. The summed E-state index contributed by atoms with van der Waals surface area (Å²) in [5.41, 5.74) is 0. The minimum atomic E-state index is -0.863. The number of carboxylic acid groups (broad SMARTS) is 1. The monoisotopic (exact) mass is 296 g/mol. The predicted molar refractivity (Wildman–Crippen MR) is 76.5 cm³/mol. The molecule has 1 aliphatic carbocycles. The fourth-order valence-corrected chi connectivity index (χ4v) is 3.50. The summed E-state index contributed by atoms with van der Waals surface area (Å²) in [7, 11) is 0. The van der Waals surface area contributed by atoms with Crippen molar-refractivity contribution in [3.8, 4) is 0 Å². The minimum Gasteiger partial charge on any atom is -0.481 e. The van der Waals surface area contributed by atoms with Crippen molar-refractivity contribution in [2.45, 2.75) is 45.6 Å². The number of carboxylic acids is 1. The summed E-state index contributed by atoms with van der Waals surface area (Å²) in [6.07, 6.45) is 4.83. The van der Waals surface area contributed by atoms with Crippen LogP contribution < -0.4 is 5.32 Å². The number of rotatable bonds is 5. The first kappa shape index (κ1) is 15.0. The molecular formula is C14H20N2O3S. The van der Waals surface area contributed by atoms with Gasteiger partial charge in [0.1, 0.15) is 5.01 Å². The SMILES string of the molecule is CCc1cnc(C(C)NC(=O)[C@@H]2CCC[C@@H]2C(=O)O)s1. The summed E-state index contributed by atoms with van der Waals surface area (Å²) in [6, 6.07) is -0.164. The van der Waals surface area contributed by atoms with Gasteiger partial charge in [0.2, 0.25) is 5.91 Å². The van der Waals surface area contributed by atoms with E-state index in [-0.39, 0.29) is 11.9 Å². The van der Waals surface area contributed by atoms with E-state index in [4.69, 9.17) is 5.11 Å². The van der Waals surface area contributed by atoms with Crippen molar-refractivity contribution < 1.29 is 14.7 Å². The maximum atomic E-state index is 12.2. The number of thiazole rings is 1. The Balaban J connectivity index is 1.98. The molecule has 3 atom stereocenters. The lowest BCUT2D eigenvalue weighted by Gasteiger charge is -2.18. The first-order valence-electron chi connectivity index (χ1n) is 7.00. The van der Waals surface area contributed by atoms with E-state index in [1.165, 1.54) is 4.88 Å². The van der Waals surface area contributed by atoms with Gasteiger partial charge in [0.05, 0.1) is 17.9 Å². The molecule has 1 unspecified atom stereocenters. The van der Waals surface area contributed by atoms with E-state index in [1.807, 2.05) is 13.1 Å². The Hall–Kier alpha value is -1.43. The van der Waals surface area contributed by atoms with Gasteiger partial charge in [-0.3, -0.25) is 9.59 Å². The number of nitrogens with one attached hydrogen (secondary N) is 1. The number of hydrogen-bond acceptors (Lipinski definition) is 4. The molecule has 1 aromatic rings. The highest BCUT2D eigenvalue weighted by molar-refractivity contribution is 7.11. The number of carbonyl (C=O) groups excluding carboxylic acids is 1. The highest BCUT2D eigenvalue weighted by Crippen LogP contribution is 2.32. The molecule has 2 rings (SSSR count). The number of aliphatic carboxylic acids is 1. The van der Waals surface area contributed by atoms with Crippen molar-refractivity contribution in [1.29, 1.82) is 0 Å². The first-order valence-corrected chi connectivity index (χ1v) is 7.82. The van der Waals surface area contributed by atoms with E-state index < -0.39 is 17.8 Å². The zero-order chi connectivity index (χ0) is 14.7. The highest BCUT2D eigenvalue weighted by atomic mass is 32.1. The van der Waals surface area contributed by atoms with Gasteiger partial charge < -0.3 is 10.4 Å². The molecule has 0 radical (unpaired) electrons. The molecule has 110 valence electrons. The van der Waals surface area contributed by atoms with Crippen molar-refractivity contribution >= 4 is 23.2 Å². The summed E-state index contributed by atoms with van der Waals surface area (Å²) in [4.78, 5) is 28.8. The minimum absolute atomic E-state index is 0.157. The van der Waals surface area contributed by atoms with Crippen LogP contribution in [0.3, 0.4) is 0 Å². The van der Waals surface area contributed by atoms with Crippen LogP contribution in [-0.2, 0) is 16.0 Å². The van der Waals surface area contributed by atoms with Gasteiger partial charge in [0, 0.05) is 11.1 Å². The normalized spacial score (nSPS) is 23.5. The number of aryl methyl sites for hydroxylation is 1. The smallest absolute Gasteiger partial charge is 0.307 e. The molecule has 0 spiro atoms. The third-order valence-electron chi connectivity index (χ3n) is 3.82. The maximum Gasteiger partial charge on any atom is 0.307 e. The van der Waals surface area contributed by atoms with Crippen molar-refractivity contribution in [2.75, 3.05) is 0 Å². The van der Waals surface area contributed by atoms with E-state index in [1.54, 1.807) is 11.3 Å². The Kier molecular flexibility index (Phi) is 4.75. The summed E-state index contributed by atoms with van der Waals surface area (Å²) < 4.78 is 0. The van der Waals surface area contributed by atoms with Crippen molar-refractivity contribution in [3.05, 3.63) is 16.1 Å². The van der Waals surface area contributed by atoms with E-state index in [0.29, 0.717) is 12.8 Å². The van der Waals surface area contributed by atoms with E-state index in [0.717, 1.165) is 17.8 Å². The van der Waals surface area contributed by atoms with Crippen LogP contribution in [0.15, 0.2) is 6.20 Å². The number of hydrogen-bond donors (Lipinski definition) is 2. The van der Waals surface area contributed by atoms with Crippen molar-refractivity contribution in [2.24, 2.45) is 11.8 Å². The second kappa shape index (κ2) is 6.35. The van der Waals surface area contributed by atoms with Gasteiger partial charge in [-0.2, -0.15) is 0 Å². The molecule has 0 aromatic carbocycles. The van der Waals surface area contributed by atoms with E-state index in [9.17, 15) is 9.59 Å². The van der Waals surface area contributed by atoms with Gasteiger partial charge in [-0.15, -0.1) is 11.3 Å². The van der Waals surface area contributed by atoms with Gasteiger partial charge in [0.15, 0.2) is 0 Å². The molecule has 1 saturated carbocycles. The molecule has 0 saturated heterocycles. The average Bonchev–Trinajstić information content (AvgIpc) is 3.07. The molecule has 1 heterocycles. The lowest BCUT2D eigenvalue weighted by molar-refractivity contribution is -0.146. The average molecular weight is 296 g/mol. The van der Waals surface area contributed by atoms with Gasteiger partial charge in [-0.05, 0) is 26.2 Å². The van der Waals surface area contributed by atoms with Crippen LogP contribution in [0.2, 0.25) is 0 Å². The molecule has 1 fully saturated rings. The summed E-state index contributed by atoms with van der Waals surface area (Å²) >= 11 is 1.59. The van der Waals surface area contributed by atoms with E-state index in [2.05, 4.69) is 17.2 Å². The highest BCUT2D eigenvalue weighted by Gasteiger charge is 2.38. The number of amides is 1. The fraction of sp³-hybridized carbons (Fsp3) is 0.643. The largest absolute Gasteiger partial charge is 0.481 e. The van der Waals surface area contributed by atoms with Gasteiger partial charge in [-0.25, -0.2) is 4.98 Å². The molecule has 1 amide bonds. The van der Waals surface area contributed by atoms with Crippen LogP contribution in [0.5, 0.6) is 0 Å². The zero-order valence-electron chi connectivity index (χ0n) is 11.8. The molecule has 1 aliphatic rings. The topological polar surface area (TPSA) is 79.3 Å². The number of nitrogens with zero attached hydrogens (tertiary/aromatic N) is 1. The quantitative estimate of drug-likeness (QED) is 0.874. The molecule has 5 nitrogen and oxygen atoms in total. The van der Waals surface area contributed by atoms with Crippen molar-refractivity contribution in [3.63, 3.8) is 0 Å². The van der Waals surface area contributed by atoms with Crippen LogP contribution in [0.1, 0.15) is 49.0 Å². The molecule has 20 heavy (non-hydrogen) atoms. The summed E-state index contributed by atoms with van der Waals surface area (Å²) in [6.45, 7) is 3.96. The summed E-state index contributed by atoms with van der Waals surface area (Å²) in [5.74, 6) is -1.96. The van der Waals surface area contributed by atoms with Crippen LogP contribution in [-0.4, -0.2) is 22.0 Å². The Morgan fingerprint density at radius 3 is 2.80 bits per heavy atom. The second-order valence-corrected chi connectivity index (χ2v) is 6.38. The van der Waals surface area contributed by atoms with Crippen LogP contribution in [0, 0.1) is 11.8 Å². The summed E-state index contributed by atoms with van der Waals surface area (Å²) in [5, 5.41) is 12.9. The van der Waals surface area contributed by atoms with E-state index >= 15 is 0 Å². The van der Waals surface area contributed by atoms with Gasteiger partial charge >= 0.3 is 5.97 Å². The second-order valence-electron chi connectivity index (χ2n) is 5.23.